The standard InChI is InChI=1S/C34H60N7O18P3S/c1-4-16-54-17-11-9-7-5-6-8-10-12-25(43)63-18-15-36-24(42)13-14-37-32(46)29(45)34(2,3)20-56-62(52,53)59-61(50,51)55-19-23-28(58-60(47,48)49)27(44)33(57-23)41-22-40-26-30(35)38-21-39-31(26)41/h21-23,27-29,33,44-45H,4-20H2,1-3H3,(H,36,42)(H,37,46)(H,50,51)(H,52,53)(H2,35,38,39)(H2,47,48,49)/t23-,27-,28-,29+,33-/m1/s1. The predicted octanol–water partition coefficient (Wildman–Crippen LogP) is 2.21. The number of hydrogen-bond acceptors (Lipinski definition) is 19. The van der Waals surface area contributed by atoms with Crippen LogP contribution in [0.3, 0.4) is 0 Å². The molecule has 2 amide bonds. The molecule has 29 heteroatoms. The topological polar surface area (TPSA) is 373 Å². The van der Waals surface area contributed by atoms with Crippen LogP contribution >= 0.6 is 35.2 Å². The maximum Gasteiger partial charge on any atom is 0.481 e. The fourth-order valence-corrected chi connectivity index (χ4v) is 9.52. The third-order valence-corrected chi connectivity index (χ3v) is 13.3. The first-order chi connectivity index (χ1) is 29.6. The number of anilines is 1. The van der Waals surface area contributed by atoms with Crippen LogP contribution in [0.1, 0.15) is 91.2 Å². The third kappa shape index (κ3) is 19.5. The number of nitrogens with two attached hydrogens (primary N) is 1. The molecule has 2 unspecified atom stereocenters. The maximum absolute atomic E-state index is 12.7. The number of imidazole rings is 1. The zero-order chi connectivity index (χ0) is 46.8. The summed E-state index contributed by atoms with van der Waals surface area (Å²) in [4.78, 5) is 88.1. The van der Waals surface area contributed by atoms with E-state index < -0.39 is 84.6 Å². The third-order valence-electron chi connectivity index (χ3n) is 9.28. The van der Waals surface area contributed by atoms with Gasteiger partial charge in [0.2, 0.25) is 11.8 Å². The Labute approximate surface area is 368 Å². The summed E-state index contributed by atoms with van der Waals surface area (Å²) in [6, 6.07) is 0. The van der Waals surface area contributed by atoms with Crippen LogP contribution in [0.15, 0.2) is 12.7 Å². The lowest BCUT2D eigenvalue weighted by molar-refractivity contribution is -0.137. The molecule has 1 saturated heterocycles. The van der Waals surface area contributed by atoms with Crippen molar-refractivity contribution in [1.29, 1.82) is 0 Å². The SMILES string of the molecule is CCCOCCCCCCCCCC(=O)SCCNC(=O)CCNC(=O)[C@H](O)C(C)(C)COP(=O)(O)OP(=O)(O)OC[C@H]1O[C@@H](n2cnc3c(N)ncnc32)[C@H](O)[C@@H]1OP(=O)(O)O. The number of unbranched alkanes of at least 4 members (excludes halogenated alkanes) is 6. The molecule has 0 saturated carbocycles. The van der Waals surface area contributed by atoms with Crippen LogP contribution in [0.2, 0.25) is 0 Å². The summed E-state index contributed by atoms with van der Waals surface area (Å²) in [5.74, 6) is -1.05. The van der Waals surface area contributed by atoms with E-state index in [0.717, 1.165) is 93.6 Å². The van der Waals surface area contributed by atoms with Gasteiger partial charge in [-0.2, -0.15) is 4.31 Å². The number of rotatable bonds is 31. The summed E-state index contributed by atoms with van der Waals surface area (Å²) in [5, 5.41) is 26.6. The first-order valence-corrected chi connectivity index (χ1v) is 25.7. The van der Waals surface area contributed by atoms with Gasteiger partial charge < -0.3 is 55.6 Å². The number of nitrogen functional groups attached to an aromatic ring is 1. The van der Waals surface area contributed by atoms with Crippen molar-refractivity contribution in [1.82, 2.24) is 30.2 Å². The van der Waals surface area contributed by atoms with Crippen LogP contribution in [0.25, 0.3) is 11.2 Å². The van der Waals surface area contributed by atoms with E-state index in [1.165, 1.54) is 13.8 Å². The predicted molar refractivity (Wildman–Crippen MR) is 225 cm³/mol. The van der Waals surface area contributed by atoms with Crippen LogP contribution in [0.4, 0.5) is 5.82 Å². The maximum atomic E-state index is 12.7. The number of aliphatic hydroxyl groups is 2. The number of fused-ring (bicyclic) bond motifs is 1. The van der Waals surface area contributed by atoms with Gasteiger partial charge in [-0.1, -0.05) is 64.6 Å². The molecule has 2 aromatic rings. The second kappa shape index (κ2) is 26.0. The average Bonchev–Trinajstić information content (AvgIpc) is 3.76. The Bertz CT molecular complexity index is 1930. The van der Waals surface area contributed by atoms with Gasteiger partial charge >= 0.3 is 23.5 Å². The van der Waals surface area contributed by atoms with Crippen LogP contribution in [0, 0.1) is 5.41 Å². The number of phosphoric ester groups is 3. The van der Waals surface area contributed by atoms with Crippen LogP contribution < -0.4 is 16.4 Å². The van der Waals surface area contributed by atoms with Crippen molar-refractivity contribution in [2.75, 3.05) is 51.0 Å². The molecule has 2 aromatic heterocycles. The van der Waals surface area contributed by atoms with Gasteiger partial charge in [-0.15, -0.1) is 0 Å². The molecule has 0 aromatic carbocycles. The van der Waals surface area contributed by atoms with E-state index >= 15 is 0 Å². The number of nitrogens with one attached hydrogen (secondary N) is 2. The number of ether oxygens (including phenoxy) is 2. The highest BCUT2D eigenvalue weighted by atomic mass is 32.2. The van der Waals surface area contributed by atoms with E-state index in [1.54, 1.807) is 0 Å². The molecule has 3 heterocycles. The van der Waals surface area contributed by atoms with Gasteiger partial charge in [-0.25, -0.2) is 28.6 Å². The van der Waals surface area contributed by atoms with Crippen molar-refractivity contribution in [2.24, 2.45) is 5.41 Å². The molecule has 25 nitrogen and oxygen atoms in total. The molecule has 0 bridgehead atoms. The monoisotopic (exact) mass is 979 g/mol. The Kier molecular flexibility index (Phi) is 22.6. The Hall–Kier alpha value is -2.48. The van der Waals surface area contributed by atoms with Crippen molar-refractivity contribution < 1.29 is 85.2 Å². The van der Waals surface area contributed by atoms with Crippen molar-refractivity contribution in [3.63, 3.8) is 0 Å². The summed E-state index contributed by atoms with van der Waals surface area (Å²) in [7, 11) is -16.4. The fourth-order valence-electron chi connectivity index (χ4n) is 5.97. The number of thioether (sulfide) groups is 1. The number of aliphatic hydroxyl groups excluding tert-OH is 2. The Morgan fingerprint density at radius 2 is 1.60 bits per heavy atom. The molecule has 0 spiro atoms. The second-order valence-corrected chi connectivity index (χ2v) is 20.5. The summed E-state index contributed by atoms with van der Waals surface area (Å²) >= 11 is 1.14. The lowest BCUT2D eigenvalue weighted by Crippen LogP contribution is -2.46. The first kappa shape index (κ1) is 54.9. The first-order valence-electron chi connectivity index (χ1n) is 20.2. The second-order valence-electron chi connectivity index (χ2n) is 15.1. The molecule has 1 fully saturated rings. The van der Waals surface area contributed by atoms with Gasteiger partial charge in [0.05, 0.1) is 19.5 Å². The van der Waals surface area contributed by atoms with Crippen LogP contribution in [-0.4, -0.2) is 136 Å². The van der Waals surface area contributed by atoms with Crippen molar-refractivity contribution in [3.05, 3.63) is 12.7 Å². The van der Waals surface area contributed by atoms with Gasteiger partial charge in [0.15, 0.2) is 22.8 Å². The smallest absolute Gasteiger partial charge is 0.386 e. The number of amides is 2. The highest BCUT2D eigenvalue weighted by molar-refractivity contribution is 8.13. The van der Waals surface area contributed by atoms with Gasteiger partial charge in [0.25, 0.3) is 0 Å². The molecule has 360 valence electrons. The minimum Gasteiger partial charge on any atom is -0.386 e. The number of carbonyl (C=O) groups excluding carboxylic acids is 3. The molecule has 1 aliphatic rings. The van der Waals surface area contributed by atoms with E-state index in [4.69, 9.17) is 24.3 Å². The Balaban J connectivity index is 1.35. The average molecular weight is 980 g/mol. The highest BCUT2D eigenvalue weighted by Gasteiger charge is 2.50. The molecule has 10 N–H and O–H groups in total. The van der Waals surface area contributed by atoms with Crippen LogP contribution in [0.5, 0.6) is 0 Å². The number of phosphoric acid groups is 3. The summed E-state index contributed by atoms with van der Waals surface area (Å²) in [6.45, 7) is 4.25. The molecular formula is C34H60N7O18P3S. The van der Waals surface area contributed by atoms with Crippen molar-refractivity contribution in [3.8, 4) is 0 Å². The number of nitrogens with zero attached hydrogens (tertiary/aromatic N) is 4. The molecular weight excluding hydrogens is 919 g/mol. The number of aromatic nitrogens is 4. The fraction of sp³-hybridized carbons (Fsp3) is 0.765. The largest absolute Gasteiger partial charge is 0.481 e. The van der Waals surface area contributed by atoms with Gasteiger partial charge in [-0.3, -0.25) is 32.5 Å². The van der Waals surface area contributed by atoms with Crippen molar-refractivity contribution >= 4 is 69.1 Å². The van der Waals surface area contributed by atoms with Gasteiger partial charge in [0.1, 0.15) is 36.3 Å². The Morgan fingerprint density at radius 1 is 0.937 bits per heavy atom. The van der Waals surface area contributed by atoms with Gasteiger partial charge in [-0.05, 0) is 19.3 Å². The minimum atomic E-state index is -5.57. The molecule has 0 aliphatic carbocycles. The van der Waals surface area contributed by atoms with Crippen molar-refractivity contribution in [2.45, 2.75) is 116 Å². The molecule has 63 heavy (non-hydrogen) atoms. The molecule has 1 aliphatic heterocycles. The zero-order valence-corrected chi connectivity index (χ0v) is 38.8. The molecule has 0 radical (unpaired) electrons. The summed E-state index contributed by atoms with van der Waals surface area (Å²) < 4.78 is 67.8. The highest BCUT2D eigenvalue weighted by Crippen LogP contribution is 2.61. The molecule has 7 atom stereocenters. The van der Waals surface area contributed by atoms with Crippen LogP contribution in [-0.2, 0) is 55.4 Å². The number of carbonyl (C=O) groups is 3. The van der Waals surface area contributed by atoms with E-state index in [2.05, 4.69) is 41.3 Å². The van der Waals surface area contributed by atoms with E-state index in [-0.39, 0.29) is 41.6 Å². The summed E-state index contributed by atoms with van der Waals surface area (Å²) in [5.41, 5.74) is 4.28. The quantitative estimate of drug-likeness (QED) is 0.0386. The van der Waals surface area contributed by atoms with E-state index in [9.17, 15) is 57.9 Å². The zero-order valence-electron chi connectivity index (χ0n) is 35.3. The van der Waals surface area contributed by atoms with Gasteiger partial charge in [0, 0.05) is 50.3 Å². The Morgan fingerprint density at radius 3 is 2.29 bits per heavy atom. The minimum absolute atomic E-state index is 0.0318. The number of hydrogen-bond donors (Lipinski definition) is 9. The molecule has 3 rings (SSSR count). The van der Waals surface area contributed by atoms with E-state index in [0.29, 0.717) is 12.2 Å². The normalized spacial score (nSPS) is 20.6. The van der Waals surface area contributed by atoms with E-state index in [1.807, 2.05) is 0 Å². The summed E-state index contributed by atoms with van der Waals surface area (Å²) in [6.07, 6.45) is 1.97. The lowest BCUT2D eigenvalue weighted by atomic mass is 9.87. The lowest BCUT2D eigenvalue weighted by Gasteiger charge is -2.30.